The van der Waals surface area contributed by atoms with Crippen molar-refractivity contribution in [2.45, 2.75) is 77.0 Å². The van der Waals surface area contributed by atoms with Crippen molar-refractivity contribution in [3.8, 4) is 11.3 Å². The molecule has 0 amide bonds. The van der Waals surface area contributed by atoms with Gasteiger partial charge in [-0.3, -0.25) is 0 Å². The van der Waals surface area contributed by atoms with E-state index >= 15 is 0 Å². The predicted molar refractivity (Wildman–Crippen MR) is 126 cm³/mol. The molecule has 4 rings (SSSR count). The summed E-state index contributed by atoms with van der Waals surface area (Å²) in [5.41, 5.74) is 5.78. The molecule has 3 nitrogen and oxygen atoms in total. The highest BCUT2D eigenvalue weighted by Gasteiger charge is 2.37. The van der Waals surface area contributed by atoms with Crippen molar-refractivity contribution in [2.24, 2.45) is 5.92 Å². The summed E-state index contributed by atoms with van der Waals surface area (Å²) >= 11 is 0. The minimum atomic E-state index is 0.217. The Hall–Kier alpha value is -1.87. The molecule has 1 saturated heterocycles. The Morgan fingerprint density at radius 2 is 1.77 bits per heavy atom. The van der Waals surface area contributed by atoms with E-state index in [1.807, 2.05) is 0 Å². The van der Waals surface area contributed by atoms with Crippen molar-refractivity contribution >= 4 is 5.82 Å². The average Bonchev–Trinajstić information content (AvgIpc) is 3.21. The molecule has 30 heavy (non-hydrogen) atoms. The van der Waals surface area contributed by atoms with Gasteiger partial charge in [0.2, 0.25) is 0 Å². The smallest absolute Gasteiger partial charge is 0.129 e. The Morgan fingerprint density at radius 1 is 1.00 bits per heavy atom. The molecule has 3 heteroatoms. The van der Waals surface area contributed by atoms with E-state index in [1.54, 1.807) is 0 Å². The van der Waals surface area contributed by atoms with Gasteiger partial charge in [-0.1, -0.05) is 52.3 Å². The van der Waals surface area contributed by atoms with Crippen molar-refractivity contribution in [3.05, 3.63) is 47.5 Å². The summed E-state index contributed by atoms with van der Waals surface area (Å²) in [4.78, 5) is 7.52. The lowest BCUT2D eigenvalue weighted by Crippen LogP contribution is -2.33. The highest BCUT2D eigenvalue weighted by molar-refractivity contribution is 5.65. The fourth-order valence-electron chi connectivity index (χ4n) is 5.33. The van der Waals surface area contributed by atoms with E-state index in [0.29, 0.717) is 6.61 Å². The van der Waals surface area contributed by atoms with E-state index in [1.165, 1.54) is 42.4 Å². The molecule has 1 fully saturated rings. The first-order valence-electron chi connectivity index (χ1n) is 11.8. The van der Waals surface area contributed by atoms with E-state index in [2.05, 4.69) is 69.0 Å². The molecule has 0 saturated carbocycles. The maximum Gasteiger partial charge on any atom is 0.129 e. The topological polar surface area (TPSA) is 36.4 Å². The molecule has 1 aromatic heterocycles. The highest BCUT2D eigenvalue weighted by Crippen LogP contribution is 2.46. The number of rotatable bonds is 6. The van der Waals surface area contributed by atoms with Gasteiger partial charge in [0.1, 0.15) is 5.82 Å². The molecular formula is C27H38N2O. The molecular weight excluding hydrogens is 368 g/mol. The van der Waals surface area contributed by atoms with E-state index < -0.39 is 0 Å². The average molecular weight is 407 g/mol. The molecule has 2 aromatic rings. The van der Waals surface area contributed by atoms with Gasteiger partial charge in [-0.05, 0) is 78.2 Å². The first-order valence-corrected chi connectivity index (χ1v) is 11.8. The maximum atomic E-state index is 9.02. The third kappa shape index (κ3) is 4.27. The lowest BCUT2D eigenvalue weighted by atomic mass is 9.63. The molecule has 0 spiro atoms. The number of fused-ring (bicyclic) bond motifs is 1. The molecule has 0 bridgehead atoms. The molecule has 2 aliphatic rings. The summed E-state index contributed by atoms with van der Waals surface area (Å²) in [5, 5.41) is 9.02. The Bertz CT molecular complexity index is 886. The fraction of sp³-hybridized carbons (Fsp3) is 0.593. The number of unbranched alkanes of at least 4 members (excludes halogenated alkanes) is 1. The van der Waals surface area contributed by atoms with Crippen molar-refractivity contribution in [1.29, 1.82) is 0 Å². The molecule has 1 N–H and O–H groups in total. The fourth-order valence-corrected chi connectivity index (χ4v) is 5.33. The standard InChI is InChI=1S/C27H38N2O/c1-26(2)14-15-27(3,4)23-18-21(11-12-22(23)26)24-9-7-10-25(28-24)29-16-13-20(19-29)8-5-6-17-30/h7,9-12,18,20,30H,5-6,8,13-17,19H2,1-4H3. The van der Waals surface area contributed by atoms with Gasteiger partial charge in [-0.2, -0.15) is 0 Å². The number of hydrogen-bond donors (Lipinski definition) is 1. The van der Waals surface area contributed by atoms with Crippen LogP contribution in [0.5, 0.6) is 0 Å². The van der Waals surface area contributed by atoms with Crippen molar-refractivity contribution in [2.75, 3.05) is 24.6 Å². The summed E-state index contributed by atoms with van der Waals surface area (Å²) in [6.07, 6.45) is 6.98. The van der Waals surface area contributed by atoms with Crippen LogP contribution in [0.15, 0.2) is 36.4 Å². The highest BCUT2D eigenvalue weighted by atomic mass is 16.2. The van der Waals surface area contributed by atoms with Gasteiger partial charge in [-0.25, -0.2) is 4.98 Å². The number of benzene rings is 1. The van der Waals surface area contributed by atoms with Gasteiger partial charge >= 0.3 is 0 Å². The summed E-state index contributed by atoms with van der Waals surface area (Å²) in [7, 11) is 0. The molecule has 0 radical (unpaired) electrons. The largest absolute Gasteiger partial charge is 0.396 e. The Kier molecular flexibility index (Phi) is 5.94. The van der Waals surface area contributed by atoms with Gasteiger partial charge < -0.3 is 10.0 Å². The van der Waals surface area contributed by atoms with Crippen LogP contribution < -0.4 is 4.90 Å². The normalized spacial score (nSPS) is 22.2. The Morgan fingerprint density at radius 3 is 2.53 bits per heavy atom. The van der Waals surface area contributed by atoms with Crippen LogP contribution in [-0.4, -0.2) is 29.8 Å². The minimum absolute atomic E-state index is 0.217. The number of aromatic nitrogens is 1. The molecule has 1 aliphatic heterocycles. The van der Waals surface area contributed by atoms with Crippen molar-refractivity contribution in [3.63, 3.8) is 0 Å². The summed E-state index contributed by atoms with van der Waals surface area (Å²) in [6, 6.07) is 13.5. The van der Waals surface area contributed by atoms with Crippen molar-refractivity contribution < 1.29 is 5.11 Å². The molecule has 1 unspecified atom stereocenters. The quantitative estimate of drug-likeness (QED) is 0.590. The summed E-state index contributed by atoms with van der Waals surface area (Å²) < 4.78 is 0. The zero-order valence-electron chi connectivity index (χ0n) is 19.2. The van der Waals surface area contributed by atoms with Crippen LogP contribution in [-0.2, 0) is 10.8 Å². The number of aliphatic hydroxyl groups is 1. The number of anilines is 1. The SMILES string of the molecule is CC1(C)CCC(C)(C)c2cc(-c3cccc(N4CCC(CCCCO)C4)n3)ccc21. The lowest BCUT2D eigenvalue weighted by Gasteiger charge is -2.42. The third-order valence-electron chi connectivity index (χ3n) is 7.51. The van der Waals surface area contributed by atoms with Crippen LogP contribution >= 0.6 is 0 Å². The third-order valence-corrected chi connectivity index (χ3v) is 7.51. The Labute approximate surface area is 182 Å². The van der Waals surface area contributed by atoms with E-state index in [4.69, 9.17) is 10.1 Å². The number of aliphatic hydroxyl groups excluding tert-OH is 1. The summed E-state index contributed by atoms with van der Waals surface area (Å²) in [6.45, 7) is 12.0. The first kappa shape index (κ1) is 21.4. The number of nitrogens with zero attached hydrogens (tertiary/aromatic N) is 2. The van der Waals surface area contributed by atoms with Gasteiger partial charge in [0.05, 0.1) is 5.69 Å². The molecule has 1 atom stereocenters. The second-order valence-electron chi connectivity index (χ2n) is 10.7. The molecule has 2 heterocycles. The van der Waals surface area contributed by atoms with E-state index in [9.17, 15) is 0 Å². The van der Waals surface area contributed by atoms with Crippen LogP contribution in [0.4, 0.5) is 5.82 Å². The molecule has 1 aliphatic carbocycles. The van der Waals surface area contributed by atoms with Crippen LogP contribution in [0.1, 0.15) is 77.3 Å². The monoisotopic (exact) mass is 406 g/mol. The van der Waals surface area contributed by atoms with E-state index in [0.717, 1.165) is 43.4 Å². The maximum absolute atomic E-state index is 9.02. The van der Waals surface area contributed by atoms with Gasteiger partial charge in [-0.15, -0.1) is 0 Å². The first-order chi connectivity index (χ1) is 14.3. The number of pyridine rings is 1. The van der Waals surface area contributed by atoms with Crippen LogP contribution in [0.3, 0.4) is 0 Å². The molecule has 1 aromatic carbocycles. The van der Waals surface area contributed by atoms with Gasteiger partial charge in [0.25, 0.3) is 0 Å². The zero-order chi connectivity index (χ0) is 21.4. The van der Waals surface area contributed by atoms with Crippen molar-refractivity contribution in [1.82, 2.24) is 4.98 Å². The van der Waals surface area contributed by atoms with Gasteiger partial charge in [0, 0.05) is 25.3 Å². The van der Waals surface area contributed by atoms with Crippen LogP contribution in [0, 0.1) is 5.92 Å². The van der Waals surface area contributed by atoms with E-state index in [-0.39, 0.29) is 10.8 Å². The lowest BCUT2D eigenvalue weighted by molar-refractivity contribution is 0.279. The predicted octanol–water partition coefficient (Wildman–Crippen LogP) is 6.09. The minimum Gasteiger partial charge on any atom is -0.396 e. The van der Waals surface area contributed by atoms with Crippen LogP contribution in [0.2, 0.25) is 0 Å². The van der Waals surface area contributed by atoms with Crippen LogP contribution in [0.25, 0.3) is 11.3 Å². The Balaban J connectivity index is 1.57. The van der Waals surface area contributed by atoms with Gasteiger partial charge in [0.15, 0.2) is 0 Å². The summed E-state index contributed by atoms with van der Waals surface area (Å²) in [5.74, 6) is 1.84. The molecule has 162 valence electrons. The zero-order valence-corrected chi connectivity index (χ0v) is 19.2. The second-order valence-corrected chi connectivity index (χ2v) is 10.7. The number of hydrogen-bond acceptors (Lipinski definition) is 3. The second kappa shape index (κ2) is 8.34.